The lowest BCUT2D eigenvalue weighted by atomic mass is 10.1. The van der Waals surface area contributed by atoms with Gasteiger partial charge in [-0.2, -0.15) is 0 Å². The zero-order chi connectivity index (χ0) is 10.7. The van der Waals surface area contributed by atoms with E-state index >= 15 is 0 Å². The Morgan fingerprint density at radius 1 is 1.60 bits per heavy atom. The zero-order valence-corrected chi connectivity index (χ0v) is 9.26. The first kappa shape index (κ1) is 10.6. The molecule has 1 fully saturated rings. The van der Waals surface area contributed by atoms with Crippen molar-refractivity contribution in [2.75, 3.05) is 13.2 Å². The number of thiophene rings is 1. The summed E-state index contributed by atoms with van der Waals surface area (Å²) in [7, 11) is 0. The van der Waals surface area contributed by atoms with E-state index in [1.807, 2.05) is 17.5 Å². The van der Waals surface area contributed by atoms with Crippen LogP contribution in [0.15, 0.2) is 17.5 Å². The lowest BCUT2D eigenvalue weighted by Gasteiger charge is -2.11. The van der Waals surface area contributed by atoms with Crippen LogP contribution < -0.4 is 0 Å². The highest BCUT2D eigenvalue weighted by Crippen LogP contribution is 2.45. The van der Waals surface area contributed by atoms with Gasteiger partial charge in [-0.1, -0.05) is 6.07 Å². The van der Waals surface area contributed by atoms with Crippen LogP contribution in [-0.2, 0) is 16.0 Å². The van der Waals surface area contributed by atoms with Crippen LogP contribution in [0.25, 0.3) is 0 Å². The first-order chi connectivity index (χ1) is 7.24. The van der Waals surface area contributed by atoms with E-state index in [-0.39, 0.29) is 18.0 Å². The van der Waals surface area contributed by atoms with Gasteiger partial charge in [0.25, 0.3) is 0 Å². The topological polar surface area (TPSA) is 46.5 Å². The van der Waals surface area contributed by atoms with E-state index in [2.05, 4.69) is 0 Å². The predicted molar refractivity (Wildman–Crippen MR) is 57.7 cm³/mol. The molecule has 1 N–H and O–H groups in total. The normalized spacial score (nSPS) is 17.4. The first-order valence-corrected chi connectivity index (χ1v) is 5.91. The van der Waals surface area contributed by atoms with Gasteiger partial charge in [-0.3, -0.25) is 4.79 Å². The second-order valence-electron chi connectivity index (χ2n) is 4.07. The summed E-state index contributed by atoms with van der Waals surface area (Å²) < 4.78 is 5.14. The Labute approximate surface area is 92.7 Å². The fraction of sp³-hybridized carbons (Fsp3) is 0.545. The fourth-order valence-corrected chi connectivity index (χ4v) is 2.06. The third-order valence-corrected chi connectivity index (χ3v) is 3.61. The number of carbonyl (C=O) groups excluding carboxylic acids is 1. The molecular formula is C11H14O3S. The average molecular weight is 226 g/mol. The molecule has 2 rings (SSSR count). The molecule has 0 unspecified atom stereocenters. The van der Waals surface area contributed by atoms with Crippen molar-refractivity contribution >= 4 is 17.3 Å². The third-order valence-electron chi connectivity index (χ3n) is 2.73. The number of ether oxygens (including phenoxy) is 1. The van der Waals surface area contributed by atoms with E-state index in [9.17, 15) is 4.79 Å². The van der Waals surface area contributed by atoms with Gasteiger partial charge in [-0.05, 0) is 24.3 Å². The van der Waals surface area contributed by atoms with Crippen LogP contribution >= 0.6 is 11.3 Å². The molecule has 3 nitrogen and oxygen atoms in total. The number of hydrogen-bond donors (Lipinski definition) is 1. The number of rotatable bonds is 5. The summed E-state index contributed by atoms with van der Waals surface area (Å²) in [4.78, 5) is 12.4. The van der Waals surface area contributed by atoms with Gasteiger partial charge in [-0.25, -0.2) is 0 Å². The summed E-state index contributed by atoms with van der Waals surface area (Å²) in [5.41, 5.74) is -0.106. The van der Waals surface area contributed by atoms with Crippen LogP contribution in [0.1, 0.15) is 17.7 Å². The van der Waals surface area contributed by atoms with Crippen molar-refractivity contribution in [3.63, 3.8) is 0 Å². The number of carbonyl (C=O) groups is 1. The number of aliphatic hydroxyl groups excluding tert-OH is 1. The van der Waals surface area contributed by atoms with Crippen LogP contribution in [0.3, 0.4) is 0 Å². The van der Waals surface area contributed by atoms with Crippen LogP contribution in [0.4, 0.5) is 0 Å². The van der Waals surface area contributed by atoms with Gasteiger partial charge >= 0.3 is 5.97 Å². The van der Waals surface area contributed by atoms with Crippen LogP contribution in [0, 0.1) is 5.41 Å². The van der Waals surface area contributed by atoms with Gasteiger partial charge in [0.2, 0.25) is 0 Å². The Kier molecular flexibility index (Phi) is 3.07. The van der Waals surface area contributed by atoms with Gasteiger partial charge in [0, 0.05) is 10.3 Å². The van der Waals surface area contributed by atoms with Crippen molar-refractivity contribution in [2.45, 2.75) is 19.3 Å². The molecule has 1 aromatic heterocycles. The summed E-state index contributed by atoms with van der Waals surface area (Å²) in [6, 6.07) is 3.84. The zero-order valence-electron chi connectivity index (χ0n) is 8.44. The SMILES string of the molecule is O=C(Cc1cccs1)OCC1(CO)CC1. The average Bonchev–Trinajstić information content (AvgIpc) is 2.86. The third kappa shape index (κ3) is 2.79. The van der Waals surface area contributed by atoms with Crippen LogP contribution in [-0.4, -0.2) is 24.3 Å². The van der Waals surface area contributed by atoms with Gasteiger partial charge in [0.15, 0.2) is 0 Å². The van der Waals surface area contributed by atoms with E-state index in [0.717, 1.165) is 17.7 Å². The molecule has 1 saturated carbocycles. The maximum absolute atomic E-state index is 11.4. The second-order valence-corrected chi connectivity index (χ2v) is 5.11. The van der Waals surface area contributed by atoms with Gasteiger partial charge in [0.05, 0.1) is 19.6 Å². The largest absolute Gasteiger partial charge is 0.465 e. The second kappa shape index (κ2) is 4.33. The summed E-state index contributed by atoms with van der Waals surface area (Å²) in [5, 5.41) is 11.0. The molecule has 0 amide bonds. The van der Waals surface area contributed by atoms with Crippen molar-refractivity contribution in [3.05, 3.63) is 22.4 Å². The molecule has 1 aliphatic carbocycles. The molecule has 1 aromatic rings. The highest BCUT2D eigenvalue weighted by molar-refractivity contribution is 7.10. The van der Waals surface area contributed by atoms with E-state index in [1.54, 1.807) is 11.3 Å². The Bertz CT molecular complexity index is 328. The van der Waals surface area contributed by atoms with E-state index in [1.165, 1.54) is 0 Å². The smallest absolute Gasteiger partial charge is 0.311 e. The molecule has 1 aliphatic rings. The van der Waals surface area contributed by atoms with Crippen molar-refractivity contribution < 1.29 is 14.6 Å². The van der Waals surface area contributed by atoms with Gasteiger partial charge in [0.1, 0.15) is 0 Å². The molecule has 0 spiro atoms. The number of hydrogen-bond acceptors (Lipinski definition) is 4. The minimum Gasteiger partial charge on any atom is -0.465 e. The molecule has 0 radical (unpaired) electrons. The first-order valence-electron chi connectivity index (χ1n) is 5.03. The molecule has 0 atom stereocenters. The Morgan fingerprint density at radius 2 is 2.40 bits per heavy atom. The van der Waals surface area contributed by atoms with Gasteiger partial charge < -0.3 is 9.84 Å². The standard InChI is InChI=1S/C11H14O3S/c12-7-11(3-4-11)8-14-10(13)6-9-2-1-5-15-9/h1-2,5,12H,3-4,6-8H2. The van der Waals surface area contributed by atoms with Crippen molar-refractivity contribution in [3.8, 4) is 0 Å². The minimum absolute atomic E-state index is 0.106. The molecule has 0 bridgehead atoms. The molecule has 82 valence electrons. The molecule has 4 heteroatoms. The monoisotopic (exact) mass is 226 g/mol. The Morgan fingerprint density at radius 3 is 2.93 bits per heavy atom. The summed E-state index contributed by atoms with van der Waals surface area (Å²) >= 11 is 1.56. The molecule has 0 saturated heterocycles. The Balaban J connectivity index is 1.74. The number of aliphatic hydroxyl groups is 1. The maximum atomic E-state index is 11.4. The van der Waals surface area contributed by atoms with E-state index in [4.69, 9.17) is 9.84 Å². The fourth-order valence-electron chi connectivity index (χ4n) is 1.36. The van der Waals surface area contributed by atoms with Crippen LogP contribution in [0.2, 0.25) is 0 Å². The molecular weight excluding hydrogens is 212 g/mol. The quantitative estimate of drug-likeness (QED) is 0.776. The molecule has 15 heavy (non-hydrogen) atoms. The van der Waals surface area contributed by atoms with Crippen LogP contribution in [0.5, 0.6) is 0 Å². The van der Waals surface area contributed by atoms with Crippen molar-refractivity contribution in [2.24, 2.45) is 5.41 Å². The minimum atomic E-state index is -0.197. The van der Waals surface area contributed by atoms with Crippen molar-refractivity contribution in [1.29, 1.82) is 0 Å². The maximum Gasteiger partial charge on any atom is 0.311 e. The lowest BCUT2D eigenvalue weighted by molar-refractivity contribution is -0.145. The molecule has 0 aromatic carbocycles. The predicted octanol–water partition coefficient (Wildman–Crippen LogP) is 1.61. The highest BCUT2D eigenvalue weighted by atomic mass is 32.1. The van der Waals surface area contributed by atoms with Gasteiger partial charge in [-0.15, -0.1) is 11.3 Å². The number of esters is 1. The molecule has 1 heterocycles. The molecule has 0 aliphatic heterocycles. The van der Waals surface area contributed by atoms with Crippen molar-refractivity contribution in [1.82, 2.24) is 0 Å². The lowest BCUT2D eigenvalue weighted by Crippen LogP contribution is -2.19. The summed E-state index contributed by atoms with van der Waals surface area (Å²) in [6.45, 7) is 0.493. The summed E-state index contributed by atoms with van der Waals surface area (Å²) in [6.07, 6.45) is 2.28. The van der Waals surface area contributed by atoms with E-state index in [0.29, 0.717) is 13.0 Å². The Hall–Kier alpha value is -0.870. The summed E-state index contributed by atoms with van der Waals surface area (Å²) in [5.74, 6) is -0.197. The highest BCUT2D eigenvalue weighted by Gasteiger charge is 2.43. The van der Waals surface area contributed by atoms with E-state index < -0.39 is 0 Å².